The normalized spacial score (nSPS) is 17.4. The maximum absolute atomic E-state index is 6.06. The molecule has 8 heteroatoms. The number of hydrazone groups is 1. The molecule has 178 valence electrons. The molecule has 1 aromatic heterocycles. The van der Waals surface area contributed by atoms with Gasteiger partial charge in [0.15, 0.2) is 0 Å². The molecule has 3 heterocycles. The highest BCUT2D eigenvalue weighted by molar-refractivity contribution is 5.86. The summed E-state index contributed by atoms with van der Waals surface area (Å²) in [4.78, 5) is 9.33. The fraction of sp³-hybridized carbons (Fsp3) is 0.385. The molecule has 2 saturated heterocycles. The average Bonchev–Trinajstić information content (AvgIpc) is 2.90. The van der Waals surface area contributed by atoms with Gasteiger partial charge in [-0.1, -0.05) is 30.3 Å². The molecule has 0 unspecified atom stereocenters. The summed E-state index contributed by atoms with van der Waals surface area (Å²) in [6.07, 6.45) is 1.74. The van der Waals surface area contributed by atoms with Crippen molar-refractivity contribution in [2.45, 2.75) is 0 Å². The van der Waals surface area contributed by atoms with Crippen LogP contribution in [0.5, 0.6) is 5.88 Å². The highest BCUT2D eigenvalue weighted by Crippen LogP contribution is 2.22. The van der Waals surface area contributed by atoms with E-state index >= 15 is 0 Å². The quantitative estimate of drug-likeness (QED) is 0.408. The van der Waals surface area contributed by atoms with E-state index in [0.29, 0.717) is 12.5 Å². The first-order valence-corrected chi connectivity index (χ1v) is 11.9. The Labute approximate surface area is 200 Å². The molecule has 8 nitrogen and oxygen atoms in total. The Morgan fingerprint density at radius 3 is 2.50 bits per heavy atom. The van der Waals surface area contributed by atoms with Crippen LogP contribution in [-0.4, -0.2) is 81.9 Å². The van der Waals surface area contributed by atoms with Crippen LogP contribution in [0.1, 0.15) is 5.69 Å². The van der Waals surface area contributed by atoms with Crippen LogP contribution in [0, 0.1) is 0 Å². The van der Waals surface area contributed by atoms with Gasteiger partial charge in [-0.05, 0) is 29.0 Å². The van der Waals surface area contributed by atoms with E-state index in [1.807, 2.05) is 30.3 Å². The molecule has 0 aliphatic carbocycles. The van der Waals surface area contributed by atoms with Gasteiger partial charge in [-0.2, -0.15) is 5.10 Å². The number of pyridine rings is 1. The monoisotopic (exact) mass is 461 g/mol. The van der Waals surface area contributed by atoms with E-state index in [-0.39, 0.29) is 0 Å². The van der Waals surface area contributed by atoms with Crippen molar-refractivity contribution >= 4 is 28.4 Å². The summed E-state index contributed by atoms with van der Waals surface area (Å²) in [5, 5.41) is 6.82. The minimum absolute atomic E-state index is 0.589. The van der Waals surface area contributed by atoms with Gasteiger partial charge in [0, 0.05) is 44.5 Å². The number of nitrogens with one attached hydrogen (secondary N) is 1. The molecule has 2 fully saturated rings. The van der Waals surface area contributed by atoms with Crippen LogP contribution >= 0.6 is 0 Å². The standard InChI is InChI=1S/C26H31N5O3/c1-2-4-22-17-23(6-5-21(22)3-1)29-27-20-24-18-25(31-10-14-33-15-11-31)19-26(28-24)34-16-9-30-7-12-32-13-8-30/h1-6,17-20,29H,7-16H2. The zero-order chi connectivity index (χ0) is 23.0. The lowest BCUT2D eigenvalue weighted by molar-refractivity contribution is 0.0320. The Balaban J connectivity index is 1.28. The summed E-state index contributed by atoms with van der Waals surface area (Å²) in [5.74, 6) is 0.615. The van der Waals surface area contributed by atoms with Crippen LogP contribution in [-0.2, 0) is 9.47 Å². The lowest BCUT2D eigenvalue weighted by Gasteiger charge is -2.29. The second-order valence-electron chi connectivity index (χ2n) is 8.42. The third-order valence-corrected chi connectivity index (χ3v) is 6.08. The van der Waals surface area contributed by atoms with Gasteiger partial charge >= 0.3 is 0 Å². The second-order valence-corrected chi connectivity index (χ2v) is 8.42. The first kappa shape index (κ1) is 22.6. The molecule has 3 aromatic rings. The van der Waals surface area contributed by atoms with Gasteiger partial charge < -0.3 is 19.1 Å². The lowest BCUT2D eigenvalue weighted by atomic mass is 10.1. The summed E-state index contributed by atoms with van der Waals surface area (Å²) in [7, 11) is 0. The minimum atomic E-state index is 0.589. The van der Waals surface area contributed by atoms with Gasteiger partial charge in [0.25, 0.3) is 0 Å². The van der Waals surface area contributed by atoms with E-state index < -0.39 is 0 Å². The Bertz CT molecular complexity index is 1110. The Kier molecular flexibility index (Phi) is 7.50. The number of benzene rings is 2. The molecule has 0 amide bonds. The van der Waals surface area contributed by atoms with Gasteiger partial charge in [0.2, 0.25) is 5.88 Å². The van der Waals surface area contributed by atoms with E-state index in [1.165, 1.54) is 10.8 Å². The Morgan fingerprint density at radius 1 is 0.912 bits per heavy atom. The SMILES string of the molecule is C(=NNc1ccc2ccccc2c1)c1cc(N2CCOCC2)cc(OCCN2CCOCC2)n1. The molecule has 0 saturated carbocycles. The van der Waals surface area contributed by atoms with E-state index in [0.717, 1.165) is 76.2 Å². The summed E-state index contributed by atoms with van der Waals surface area (Å²) in [6.45, 7) is 8.07. The second kappa shape index (κ2) is 11.3. The zero-order valence-electron chi connectivity index (χ0n) is 19.4. The van der Waals surface area contributed by atoms with Crippen molar-refractivity contribution in [1.82, 2.24) is 9.88 Å². The Hall–Kier alpha value is -3.20. The van der Waals surface area contributed by atoms with Crippen LogP contribution in [0.4, 0.5) is 11.4 Å². The highest BCUT2D eigenvalue weighted by atomic mass is 16.5. The van der Waals surface area contributed by atoms with Gasteiger partial charge in [-0.3, -0.25) is 10.3 Å². The molecular weight excluding hydrogens is 430 g/mol. The first-order chi connectivity index (χ1) is 16.8. The van der Waals surface area contributed by atoms with Crippen LogP contribution in [0.15, 0.2) is 59.7 Å². The molecule has 34 heavy (non-hydrogen) atoms. The van der Waals surface area contributed by atoms with Crippen LogP contribution < -0.4 is 15.1 Å². The summed E-state index contributed by atoms with van der Waals surface area (Å²) in [5.41, 5.74) is 5.88. The topological polar surface area (TPSA) is 71.5 Å². The first-order valence-electron chi connectivity index (χ1n) is 11.9. The van der Waals surface area contributed by atoms with Gasteiger partial charge in [0.1, 0.15) is 6.61 Å². The van der Waals surface area contributed by atoms with E-state index in [4.69, 9.17) is 14.2 Å². The number of rotatable bonds is 8. The maximum Gasteiger partial charge on any atom is 0.215 e. The highest BCUT2D eigenvalue weighted by Gasteiger charge is 2.15. The van der Waals surface area contributed by atoms with Crippen LogP contribution in [0.25, 0.3) is 10.8 Å². The molecule has 2 aromatic carbocycles. The van der Waals surface area contributed by atoms with Crippen molar-refractivity contribution in [1.29, 1.82) is 0 Å². The number of ether oxygens (including phenoxy) is 3. The fourth-order valence-electron chi connectivity index (χ4n) is 4.19. The van der Waals surface area contributed by atoms with Gasteiger partial charge in [0.05, 0.1) is 44.0 Å². The molecule has 0 bridgehead atoms. The average molecular weight is 462 g/mol. The molecule has 1 N–H and O–H groups in total. The molecule has 2 aliphatic rings. The number of nitrogens with zero attached hydrogens (tertiary/aromatic N) is 4. The van der Waals surface area contributed by atoms with Crippen LogP contribution in [0.2, 0.25) is 0 Å². The van der Waals surface area contributed by atoms with Crippen molar-refractivity contribution in [3.05, 3.63) is 60.3 Å². The van der Waals surface area contributed by atoms with Crippen molar-refractivity contribution in [2.24, 2.45) is 5.10 Å². The molecule has 5 rings (SSSR count). The number of fused-ring (bicyclic) bond motifs is 1. The van der Waals surface area contributed by atoms with Crippen molar-refractivity contribution < 1.29 is 14.2 Å². The van der Waals surface area contributed by atoms with Crippen molar-refractivity contribution in [2.75, 3.05) is 76.1 Å². The van der Waals surface area contributed by atoms with Gasteiger partial charge in [-0.25, -0.2) is 4.98 Å². The molecule has 0 spiro atoms. The fourth-order valence-corrected chi connectivity index (χ4v) is 4.19. The Morgan fingerprint density at radius 2 is 1.68 bits per heavy atom. The van der Waals surface area contributed by atoms with E-state index in [9.17, 15) is 0 Å². The number of morpholine rings is 2. The summed E-state index contributed by atoms with van der Waals surface area (Å²) in [6, 6.07) is 18.5. The number of hydrogen-bond donors (Lipinski definition) is 1. The number of hydrogen-bond acceptors (Lipinski definition) is 8. The summed E-state index contributed by atoms with van der Waals surface area (Å²) < 4.78 is 17.0. The van der Waals surface area contributed by atoms with Crippen LogP contribution in [0.3, 0.4) is 0 Å². The molecular formula is C26H31N5O3. The van der Waals surface area contributed by atoms with Gasteiger partial charge in [-0.15, -0.1) is 0 Å². The van der Waals surface area contributed by atoms with Crippen molar-refractivity contribution in [3.8, 4) is 5.88 Å². The van der Waals surface area contributed by atoms with E-state index in [2.05, 4.69) is 49.6 Å². The van der Waals surface area contributed by atoms with E-state index in [1.54, 1.807) is 6.21 Å². The predicted octanol–water partition coefficient (Wildman–Crippen LogP) is 3.23. The smallest absolute Gasteiger partial charge is 0.215 e. The zero-order valence-corrected chi connectivity index (χ0v) is 19.4. The number of anilines is 2. The number of aromatic nitrogens is 1. The molecule has 2 aliphatic heterocycles. The third kappa shape index (κ3) is 6.02. The third-order valence-electron chi connectivity index (χ3n) is 6.08. The lowest BCUT2D eigenvalue weighted by Crippen LogP contribution is -2.38. The maximum atomic E-state index is 6.06. The summed E-state index contributed by atoms with van der Waals surface area (Å²) >= 11 is 0. The molecule has 0 atom stereocenters. The largest absolute Gasteiger partial charge is 0.476 e. The minimum Gasteiger partial charge on any atom is -0.476 e. The predicted molar refractivity (Wildman–Crippen MR) is 135 cm³/mol. The van der Waals surface area contributed by atoms with Crippen molar-refractivity contribution in [3.63, 3.8) is 0 Å². The molecule has 0 radical (unpaired) electrons.